The van der Waals surface area contributed by atoms with E-state index in [1.165, 1.54) is 24.0 Å². The lowest BCUT2D eigenvalue weighted by Crippen LogP contribution is -2.22. The smallest absolute Gasteiger partial charge is 0.00475 e. The van der Waals surface area contributed by atoms with Gasteiger partial charge in [-0.2, -0.15) is 0 Å². The average molecular weight is 217 g/mol. The largest absolute Gasteiger partial charge is 0.328 e. The second-order valence-electron chi connectivity index (χ2n) is 5.84. The molecule has 0 saturated heterocycles. The Labute approximate surface area is 99.0 Å². The fraction of sp³-hybridized carbons (Fsp3) is 0.600. The Morgan fingerprint density at radius 2 is 1.88 bits per heavy atom. The lowest BCUT2D eigenvalue weighted by Gasteiger charge is -2.25. The molecule has 2 N–H and O–H groups in total. The van der Waals surface area contributed by atoms with Crippen LogP contribution in [0.4, 0.5) is 0 Å². The van der Waals surface area contributed by atoms with Crippen molar-refractivity contribution in [3.63, 3.8) is 0 Å². The third-order valence-corrected chi connectivity index (χ3v) is 4.05. The molecule has 0 aromatic heterocycles. The summed E-state index contributed by atoms with van der Waals surface area (Å²) in [6.07, 6.45) is 3.53. The minimum absolute atomic E-state index is 0.314. The van der Waals surface area contributed by atoms with Gasteiger partial charge in [0, 0.05) is 6.04 Å². The van der Waals surface area contributed by atoms with Crippen molar-refractivity contribution in [2.75, 3.05) is 0 Å². The van der Waals surface area contributed by atoms with Gasteiger partial charge in [0.05, 0.1) is 0 Å². The van der Waals surface area contributed by atoms with Crippen LogP contribution in [0.3, 0.4) is 0 Å². The quantitative estimate of drug-likeness (QED) is 0.805. The van der Waals surface area contributed by atoms with E-state index >= 15 is 0 Å². The van der Waals surface area contributed by atoms with Gasteiger partial charge in [-0.05, 0) is 41.7 Å². The molecule has 0 spiro atoms. The summed E-state index contributed by atoms with van der Waals surface area (Å²) in [5.41, 5.74) is 9.23. The van der Waals surface area contributed by atoms with Crippen LogP contribution < -0.4 is 5.73 Å². The summed E-state index contributed by atoms with van der Waals surface area (Å²) < 4.78 is 0. The van der Waals surface area contributed by atoms with Crippen molar-refractivity contribution >= 4 is 0 Å². The van der Waals surface area contributed by atoms with E-state index in [1.807, 2.05) is 0 Å². The van der Waals surface area contributed by atoms with E-state index in [2.05, 4.69) is 45.0 Å². The molecule has 16 heavy (non-hydrogen) atoms. The Balaban J connectivity index is 2.21. The van der Waals surface area contributed by atoms with E-state index in [9.17, 15) is 0 Å². The molecule has 88 valence electrons. The van der Waals surface area contributed by atoms with Crippen LogP contribution in [0.2, 0.25) is 0 Å². The molecule has 0 bridgehead atoms. The predicted molar refractivity (Wildman–Crippen MR) is 69.7 cm³/mol. The number of benzene rings is 1. The Bertz CT molecular complexity index is 352. The van der Waals surface area contributed by atoms with Gasteiger partial charge in [0.2, 0.25) is 0 Å². The highest BCUT2D eigenvalue weighted by Gasteiger charge is 2.34. The van der Waals surface area contributed by atoms with Crippen LogP contribution in [0.5, 0.6) is 0 Å². The first-order chi connectivity index (χ1) is 7.51. The Hall–Kier alpha value is -0.820. The van der Waals surface area contributed by atoms with Gasteiger partial charge in [-0.3, -0.25) is 0 Å². The van der Waals surface area contributed by atoms with Gasteiger partial charge in [-0.25, -0.2) is 0 Å². The molecule has 0 heterocycles. The topological polar surface area (TPSA) is 26.0 Å². The average Bonchev–Trinajstić information content (AvgIpc) is 2.60. The summed E-state index contributed by atoms with van der Waals surface area (Å²) >= 11 is 0. The molecule has 1 saturated carbocycles. The minimum Gasteiger partial charge on any atom is -0.328 e. The molecule has 2 atom stereocenters. The Morgan fingerprint density at radius 1 is 1.25 bits per heavy atom. The zero-order chi connectivity index (χ0) is 11.8. The highest BCUT2D eigenvalue weighted by Crippen LogP contribution is 2.40. The Morgan fingerprint density at radius 3 is 2.31 bits per heavy atom. The van der Waals surface area contributed by atoms with Crippen molar-refractivity contribution in [3.8, 4) is 0 Å². The van der Waals surface area contributed by atoms with Gasteiger partial charge in [0.15, 0.2) is 0 Å². The fourth-order valence-corrected chi connectivity index (χ4v) is 2.82. The van der Waals surface area contributed by atoms with Crippen LogP contribution in [-0.4, -0.2) is 6.04 Å². The van der Waals surface area contributed by atoms with Crippen LogP contribution >= 0.6 is 0 Å². The summed E-state index contributed by atoms with van der Waals surface area (Å²) in [4.78, 5) is 0. The monoisotopic (exact) mass is 217 g/mol. The lowest BCUT2D eigenvalue weighted by atomic mass is 9.80. The molecule has 1 heteroatoms. The van der Waals surface area contributed by atoms with Gasteiger partial charge in [-0.15, -0.1) is 0 Å². The summed E-state index contributed by atoms with van der Waals surface area (Å²) in [6, 6.07) is 9.54. The van der Waals surface area contributed by atoms with E-state index < -0.39 is 0 Å². The van der Waals surface area contributed by atoms with Gasteiger partial charge in [-0.1, -0.05) is 45.0 Å². The third kappa shape index (κ3) is 2.15. The van der Waals surface area contributed by atoms with Crippen molar-refractivity contribution < 1.29 is 0 Å². The van der Waals surface area contributed by atoms with Crippen molar-refractivity contribution in [1.29, 1.82) is 0 Å². The number of hydrogen-bond acceptors (Lipinski definition) is 1. The molecule has 2 unspecified atom stereocenters. The number of hydrogen-bond donors (Lipinski definition) is 1. The van der Waals surface area contributed by atoms with Crippen molar-refractivity contribution in [2.45, 2.75) is 57.4 Å². The van der Waals surface area contributed by atoms with E-state index in [0.29, 0.717) is 17.4 Å². The third-order valence-electron chi connectivity index (χ3n) is 4.05. The molecule has 1 aromatic rings. The highest BCUT2D eigenvalue weighted by atomic mass is 14.7. The molecule has 1 aromatic carbocycles. The van der Waals surface area contributed by atoms with Gasteiger partial charge >= 0.3 is 0 Å². The zero-order valence-electron chi connectivity index (χ0n) is 10.7. The predicted octanol–water partition coefficient (Wildman–Crippen LogP) is 3.58. The molecule has 0 amide bonds. The normalized spacial score (nSPS) is 29.9. The minimum atomic E-state index is 0.314. The summed E-state index contributed by atoms with van der Waals surface area (Å²) in [6.45, 7) is 6.83. The number of nitrogens with two attached hydrogens (primary N) is 1. The van der Waals surface area contributed by atoms with E-state index in [4.69, 9.17) is 5.73 Å². The molecule has 1 aliphatic carbocycles. The second-order valence-corrected chi connectivity index (χ2v) is 5.84. The second kappa shape index (κ2) is 4.21. The van der Waals surface area contributed by atoms with Crippen LogP contribution in [0.1, 0.15) is 57.1 Å². The van der Waals surface area contributed by atoms with Crippen LogP contribution in [0, 0.1) is 0 Å². The number of rotatable bonds is 2. The molecular formula is C15H23N. The summed E-state index contributed by atoms with van der Waals surface area (Å²) in [5.74, 6) is 0.618. The molecule has 2 rings (SSSR count). The van der Waals surface area contributed by atoms with E-state index in [-0.39, 0.29) is 0 Å². The van der Waals surface area contributed by atoms with Crippen molar-refractivity contribution in [3.05, 3.63) is 35.4 Å². The first-order valence-electron chi connectivity index (χ1n) is 6.37. The lowest BCUT2D eigenvalue weighted by molar-refractivity contribution is 0.482. The van der Waals surface area contributed by atoms with Crippen LogP contribution in [-0.2, 0) is 5.41 Å². The van der Waals surface area contributed by atoms with Crippen LogP contribution in [0.15, 0.2) is 24.3 Å². The maximum atomic E-state index is 6.03. The van der Waals surface area contributed by atoms with Crippen LogP contribution in [0.25, 0.3) is 0 Å². The summed E-state index contributed by atoms with van der Waals surface area (Å²) in [7, 11) is 0. The summed E-state index contributed by atoms with van der Waals surface area (Å²) in [5, 5.41) is 0. The SMILES string of the molecule is CC(C)c1ccc(C2(C)CCC(N)C2)cc1. The maximum absolute atomic E-state index is 6.03. The molecule has 0 aliphatic heterocycles. The Kier molecular flexibility index (Phi) is 3.07. The standard InChI is InChI=1S/C15H23N/c1-11(2)12-4-6-13(7-5-12)15(3)9-8-14(16)10-15/h4-7,11,14H,8-10,16H2,1-3H3. The molecular weight excluding hydrogens is 194 g/mol. The molecule has 1 aliphatic rings. The van der Waals surface area contributed by atoms with E-state index in [1.54, 1.807) is 0 Å². The zero-order valence-corrected chi connectivity index (χ0v) is 10.7. The first kappa shape index (κ1) is 11.7. The van der Waals surface area contributed by atoms with E-state index in [0.717, 1.165) is 6.42 Å². The maximum Gasteiger partial charge on any atom is 0.00475 e. The first-order valence-corrected chi connectivity index (χ1v) is 6.37. The highest BCUT2D eigenvalue weighted by molar-refractivity contribution is 5.31. The van der Waals surface area contributed by atoms with Gasteiger partial charge in [0.1, 0.15) is 0 Å². The molecule has 0 radical (unpaired) electrons. The van der Waals surface area contributed by atoms with Gasteiger partial charge < -0.3 is 5.73 Å². The van der Waals surface area contributed by atoms with Gasteiger partial charge in [0.25, 0.3) is 0 Å². The fourth-order valence-electron chi connectivity index (χ4n) is 2.82. The molecule has 1 nitrogen and oxygen atoms in total. The van der Waals surface area contributed by atoms with Crippen molar-refractivity contribution in [2.24, 2.45) is 5.73 Å². The molecule has 1 fully saturated rings. The van der Waals surface area contributed by atoms with Crippen molar-refractivity contribution in [1.82, 2.24) is 0 Å².